The zero-order valence-electron chi connectivity index (χ0n) is 24.8. The smallest absolute Gasteiger partial charge is 0.135 e. The standard InChI is InChI=1S/C43H26N2O/c44-27-28-10-12-31(13-11-28)32-17-22-42-38(25-32)39-26-34(18-23-43(39)46-42)33-16-21-41-37(24-33)36-8-4-5-9-40(36)45(41)35-19-14-30(15-20-35)29-6-2-1-3-7-29/h1-26H. The lowest BCUT2D eigenvalue weighted by molar-refractivity contribution is 0.669. The van der Waals surface area contributed by atoms with Gasteiger partial charge in [-0.1, -0.05) is 91.0 Å². The number of hydrogen-bond acceptors (Lipinski definition) is 2. The average Bonchev–Trinajstić information content (AvgIpc) is 3.66. The van der Waals surface area contributed by atoms with Crippen molar-refractivity contribution < 1.29 is 4.42 Å². The van der Waals surface area contributed by atoms with E-state index in [9.17, 15) is 5.26 Å². The molecule has 2 heterocycles. The summed E-state index contributed by atoms with van der Waals surface area (Å²) in [7, 11) is 0. The number of para-hydroxylation sites is 1. The Morgan fingerprint density at radius 3 is 1.61 bits per heavy atom. The van der Waals surface area contributed by atoms with Gasteiger partial charge in [-0.05, 0) is 100 Å². The van der Waals surface area contributed by atoms with Crippen LogP contribution in [0.5, 0.6) is 0 Å². The van der Waals surface area contributed by atoms with Crippen molar-refractivity contribution in [2.24, 2.45) is 0 Å². The summed E-state index contributed by atoms with van der Waals surface area (Å²) in [5.41, 5.74) is 12.8. The van der Waals surface area contributed by atoms with E-state index in [1.165, 1.54) is 32.9 Å². The normalized spacial score (nSPS) is 11.5. The average molecular weight is 587 g/mol. The molecule has 0 radical (unpaired) electrons. The Bertz CT molecular complexity index is 2620. The summed E-state index contributed by atoms with van der Waals surface area (Å²) in [5, 5.41) is 13.8. The van der Waals surface area contributed by atoms with Crippen molar-refractivity contribution in [2.45, 2.75) is 0 Å². The van der Waals surface area contributed by atoms with E-state index in [0.29, 0.717) is 5.56 Å². The molecule has 0 unspecified atom stereocenters. The van der Waals surface area contributed by atoms with Crippen LogP contribution in [-0.2, 0) is 0 Å². The molecule has 2 aromatic heterocycles. The van der Waals surface area contributed by atoms with Crippen LogP contribution in [0.15, 0.2) is 162 Å². The fourth-order valence-electron chi connectivity index (χ4n) is 6.74. The fourth-order valence-corrected chi connectivity index (χ4v) is 6.74. The predicted octanol–water partition coefficient (Wildman–Crippen LogP) is 11.6. The third-order valence-corrected chi connectivity index (χ3v) is 9.06. The molecule has 0 bridgehead atoms. The van der Waals surface area contributed by atoms with E-state index in [2.05, 4.69) is 138 Å². The molecule has 0 saturated heterocycles. The lowest BCUT2D eigenvalue weighted by Crippen LogP contribution is -1.93. The van der Waals surface area contributed by atoms with Gasteiger partial charge in [0.25, 0.3) is 0 Å². The van der Waals surface area contributed by atoms with E-state index in [1.54, 1.807) is 0 Å². The molecule has 0 saturated carbocycles. The Kier molecular flexibility index (Phi) is 5.88. The van der Waals surface area contributed by atoms with E-state index >= 15 is 0 Å². The van der Waals surface area contributed by atoms with Gasteiger partial charge >= 0.3 is 0 Å². The molecule has 9 aromatic rings. The zero-order chi connectivity index (χ0) is 30.6. The number of benzene rings is 7. The van der Waals surface area contributed by atoms with E-state index in [1.807, 2.05) is 30.3 Å². The summed E-state index contributed by atoms with van der Waals surface area (Å²) in [6.07, 6.45) is 0. The van der Waals surface area contributed by atoms with Crippen molar-refractivity contribution in [3.63, 3.8) is 0 Å². The van der Waals surface area contributed by atoms with E-state index in [-0.39, 0.29) is 0 Å². The summed E-state index contributed by atoms with van der Waals surface area (Å²) in [6.45, 7) is 0. The second kappa shape index (κ2) is 10.4. The van der Waals surface area contributed by atoms with Crippen LogP contribution in [0.4, 0.5) is 0 Å². The van der Waals surface area contributed by atoms with Crippen LogP contribution in [-0.4, -0.2) is 4.57 Å². The molecule has 0 spiro atoms. The van der Waals surface area contributed by atoms with Crippen molar-refractivity contribution in [2.75, 3.05) is 0 Å². The molecule has 0 aliphatic rings. The Morgan fingerprint density at radius 1 is 0.413 bits per heavy atom. The van der Waals surface area contributed by atoms with Gasteiger partial charge in [0.2, 0.25) is 0 Å². The van der Waals surface area contributed by atoms with Crippen molar-refractivity contribution in [1.82, 2.24) is 4.57 Å². The van der Waals surface area contributed by atoms with Crippen LogP contribution in [0.2, 0.25) is 0 Å². The van der Waals surface area contributed by atoms with E-state index in [4.69, 9.17) is 4.42 Å². The minimum absolute atomic E-state index is 0.657. The highest BCUT2D eigenvalue weighted by atomic mass is 16.3. The Labute approximate surface area is 265 Å². The Morgan fingerprint density at radius 2 is 0.913 bits per heavy atom. The third-order valence-electron chi connectivity index (χ3n) is 9.06. The van der Waals surface area contributed by atoms with Gasteiger partial charge in [-0.2, -0.15) is 5.26 Å². The maximum atomic E-state index is 9.20. The van der Waals surface area contributed by atoms with E-state index < -0.39 is 0 Å². The Hall–Kier alpha value is -6.37. The molecule has 9 rings (SSSR count). The predicted molar refractivity (Wildman–Crippen MR) is 189 cm³/mol. The number of hydrogen-bond donors (Lipinski definition) is 0. The minimum Gasteiger partial charge on any atom is -0.456 e. The van der Waals surface area contributed by atoms with Gasteiger partial charge in [0.05, 0.1) is 22.7 Å². The van der Waals surface area contributed by atoms with Crippen LogP contribution in [0.3, 0.4) is 0 Å². The Balaban J connectivity index is 1.15. The van der Waals surface area contributed by atoms with Gasteiger partial charge in [0.15, 0.2) is 0 Å². The summed E-state index contributed by atoms with van der Waals surface area (Å²) in [6, 6.07) is 57.5. The molecule has 0 aliphatic heterocycles. The fraction of sp³-hybridized carbons (Fsp3) is 0. The first kappa shape index (κ1) is 26.1. The van der Waals surface area contributed by atoms with Crippen LogP contribution in [0.1, 0.15) is 5.56 Å². The second-order valence-corrected chi connectivity index (χ2v) is 11.7. The van der Waals surface area contributed by atoms with Crippen molar-refractivity contribution in [3.05, 3.63) is 163 Å². The zero-order valence-corrected chi connectivity index (χ0v) is 24.8. The van der Waals surface area contributed by atoms with Crippen LogP contribution >= 0.6 is 0 Å². The highest BCUT2D eigenvalue weighted by Gasteiger charge is 2.15. The molecule has 0 atom stereocenters. The second-order valence-electron chi connectivity index (χ2n) is 11.7. The lowest BCUT2D eigenvalue weighted by Gasteiger charge is -2.10. The molecule has 46 heavy (non-hydrogen) atoms. The molecule has 3 nitrogen and oxygen atoms in total. The number of fused-ring (bicyclic) bond motifs is 6. The number of aromatic nitrogens is 1. The molecular formula is C43H26N2O. The minimum atomic E-state index is 0.657. The molecule has 214 valence electrons. The largest absolute Gasteiger partial charge is 0.456 e. The highest BCUT2D eigenvalue weighted by molar-refractivity contribution is 6.11. The number of nitriles is 1. The summed E-state index contributed by atoms with van der Waals surface area (Å²) in [4.78, 5) is 0. The lowest BCUT2D eigenvalue weighted by atomic mass is 9.99. The van der Waals surface area contributed by atoms with Gasteiger partial charge in [0.1, 0.15) is 11.2 Å². The number of rotatable bonds is 4. The first-order chi connectivity index (χ1) is 22.7. The SMILES string of the molecule is N#Cc1ccc(-c2ccc3oc4ccc(-c5ccc6c(c5)c5ccccc5n6-c5ccc(-c6ccccc6)cc5)cc4c3c2)cc1. The first-order valence-electron chi connectivity index (χ1n) is 15.4. The van der Waals surface area contributed by atoms with Gasteiger partial charge in [-0.15, -0.1) is 0 Å². The van der Waals surface area contributed by atoms with Crippen LogP contribution in [0, 0.1) is 11.3 Å². The quantitative estimate of drug-likeness (QED) is 0.206. The summed E-state index contributed by atoms with van der Waals surface area (Å²) < 4.78 is 8.60. The highest BCUT2D eigenvalue weighted by Crippen LogP contribution is 2.38. The molecule has 3 heteroatoms. The van der Waals surface area contributed by atoms with Crippen molar-refractivity contribution in [3.8, 4) is 45.1 Å². The first-order valence-corrected chi connectivity index (χ1v) is 15.4. The topological polar surface area (TPSA) is 41.9 Å². The molecular weight excluding hydrogens is 560 g/mol. The number of furan rings is 1. The molecule has 0 N–H and O–H groups in total. The maximum Gasteiger partial charge on any atom is 0.135 e. The maximum absolute atomic E-state index is 9.20. The van der Waals surface area contributed by atoms with Gasteiger partial charge in [0, 0.05) is 27.2 Å². The van der Waals surface area contributed by atoms with Crippen LogP contribution < -0.4 is 0 Å². The van der Waals surface area contributed by atoms with Crippen molar-refractivity contribution in [1.29, 1.82) is 5.26 Å². The van der Waals surface area contributed by atoms with Gasteiger partial charge < -0.3 is 8.98 Å². The van der Waals surface area contributed by atoms with Gasteiger partial charge in [-0.25, -0.2) is 0 Å². The summed E-state index contributed by atoms with van der Waals surface area (Å²) >= 11 is 0. The molecule has 0 amide bonds. The van der Waals surface area contributed by atoms with Gasteiger partial charge in [-0.3, -0.25) is 0 Å². The van der Waals surface area contributed by atoms with Crippen LogP contribution in [0.25, 0.3) is 82.8 Å². The van der Waals surface area contributed by atoms with E-state index in [0.717, 1.165) is 49.9 Å². The third kappa shape index (κ3) is 4.20. The molecule has 0 fully saturated rings. The monoisotopic (exact) mass is 586 g/mol. The van der Waals surface area contributed by atoms with Crippen molar-refractivity contribution >= 4 is 43.7 Å². The summed E-state index contributed by atoms with van der Waals surface area (Å²) in [5.74, 6) is 0. The molecule has 0 aliphatic carbocycles. The molecule has 7 aromatic carbocycles. The number of nitrogens with zero attached hydrogens (tertiary/aromatic N) is 2.